The van der Waals surface area contributed by atoms with E-state index in [4.69, 9.17) is 15.1 Å². The fourth-order valence-electron chi connectivity index (χ4n) is 1.36. The third-order valence-electron chi connectivity index (χ3n) is 2.41. The van der Waals surface area contributed by atoms with Crippen molar-refractivity contribution < 1.29 is 24.2 Å². The van der Waals surface area contributed by atoms with Crippen molar-refractivity contribution in [1.82, 2.24) is 5.32 Å². The van der Waals surface area contributed by atoms with Gasteiger partial charge in [-0.15, -0.1) is 0 Å². The van der Waals surface area contributed by atoms with Crippen LogP contribution < -0.4 is 10.1 Å². The van der Waals surface area contributed by atoms with Gasteiger partial charge in [0.05, 0.1) is 12.1 Å². The molecule has 0 heterocycles. The summed E-state index contributed by atoms with van der Waals surface area (Å²) >= 11 is 0. The number of nitrogens with one attached hydrogen (secondary N) is 1. The van der Waals surface area contributed by atoms with Crippen LogP contribution in [0.5, 0.6) is 5.75 Å². The minimum absolute atomic E-state index is 0.159. The van der Waals surface area contributed by atoms with E-state index < -0.39 is 18.0 Å². The average Bonchev–Trinajstić information content (AvgIpc) is 2.45. The molecule has 106 valence electrons. The minimum Gasteiger partial charge on any atom is -0.482 e. The summed E-state index contributed by atoms with van der Waals surface area (Å²) in [6.45, 7) is -0.470. The molecule has 20 heavy (non-hydrogen) atoms. The molecule has 0 bridgehead atoms. The number of hydrogen-bond donors (Lipinski definition) is 2. The Morgan fingerprint density at radius 3 is 2.75 bits per heavy atom. The standard InChI is InChI=1S/C13H14N2O5/c1-19-11(13(17)18)7-15-12(16)8-20-10-5-3-2-4-9(10)6-14/h2-5,11H,7-8H2,1H3,(H,15,16)(H,17,18). The summed E-state index contributed by atoms with van der Waals surface area (Å²) in [7, 11) is 1.24. The maximum atomic E-state index is 11.5. The van der Waals surface area contributed by atoms with Gasteiger partial charge in [-0.05, 0) is 12.1 Å². The molecule has 0 aromatic heterocycles. The van der Waals surface area contributed by atoms with Crippen molar-refractivity contribution in [3.8, 4) is 11.8 Å². The largest absolute Gasteiger partial charge is 0.482 e. The SMILES string of the molecule is COC(CNC(=O)COc1ccccc1C#N)C(=O)O. The molecule has 0 fully saturated rings. The van der Waals surface area contributed by atoms with Gasteiger partial charge < -0.3 is 19.9 Å². The predicted molar refractivity (Wildman–Crippen MR) is 68.1 cm³/mol. The number of benzene rings is 1. The molecule has 7 nitrogen and oxygen atoms in total. The zero-order chi connectivity index (χ0) is 15.0. The third-order valence-corrected chi connectivity index (χ3v) is 2.41. The van der Waals surface area contributed by atoms with Crippen molar-refractivity contribution in [2.24, 2.45) is 0 Å². The highest BCUT2D eigenvalue weighted by Gasteiger charge is 2.17. The number of aliphatic carboxylic acids is 1. The van der Waals surface area contributed by atoms with Gasteiger partial charge in [0.15, 0.2) is 12.7 Å². The number of carboxylic acid groups (broad SMARTS) is 1. The van der Waals surface area contributed by atoms with Crippen LogP contribution in [0.15, 0.2) is 24.3 Å². The number of nitrogens with zero attached hydrogens (tertiary/aromatic N) is 1. The molecule has 0 radical (unpaired) electrons. The van der Waals surface area contributed by atoms with E-state index in [1.54, 1.807) is 24.3 Å². The Labute approximate surface area is 115 Å². The van der Waals surface area contributed by atoms with E-state index in [-0.39, 0.29) is 13.2 Å². The Morgan fingerprint density at radius 2 is 2.15 bits per heavy atom. The minimum atomic E-state index is -1.16. The van der Waals surface area contributed by atoms with Gasteiger partial charge in [-0.2, -0.15) is 5.26 Å². The van der Waals surface area contributed by atoms with Gasteiger partial charge in [0.2, 0.25) is 0 Å². The highest BCUT2D eigenvalue weighted by Crippen LogP contribution is 2.15. The van der Waals surface area contributed by atoms with Gasteiger partial charge in [-0.25, -0.2) is 4.79 Å². The van der Waals surface area contributed by atoms with Crippen LogP contribution in [0, 0.1) is 11.3 Å². The number of amides is 1. The smallest absolute Gasteiger partial charge is 0.334 e. The first kappa shape index (κ1) is 15.5. The number of carbonyl (C=O) groups excluding carboxylic acids is 1. The molecule has 1 rings (SSSR count). The molecule has 0 aliphatic heterocycles. The van der Waals surface area contributed by atoms with Crippen LogP contribution >= 0.6 is 0 Å². The van der Waals surface area contributed by atoms with E-state index in [1.165, 1.54) is 7.11 Å². The van der Waals surface area contributed by atoms with Gasteiger partial charge >= 0.3 is 5.97 Å². The highest BCUT2D eigenvalue weighted by molar-refractivity contribution is 5.79. The number of para-hydroxylation sites is 1. The lowest BCUT2D eigenvalue weighted by molar-refractivity contribution is -0.148. The van der Waals surface area contributed by atoms with Crippen LogP contribution in [-0.4, -0.2) is 43.3 Å². The molecule has 0 aliphatic rings. The van der Waals surface area contributed by atoms with E-state index in [2.05, 4.69) is 10.1 Å². The Kier molecular flexibility index (Phi) is 6.00. The van der Waals surface area contributed by atoms with Crippen LogP contribution in [0.4, 0.5) is 0 Å². The van der Waals surface area contributed by atoms with E-state index in [0.29, 0.717) is 11.3 Å². The summed E-state index contributed by atoms with van der Waals surface area (Å²) in [6.07, 6.45) is -1.11. The average molecular weight is 278 g/mol. The van der Waals surface area contributed by atoms with Gasteiger partial charge in [0.25, 0.3) is 5.91 Å². The molecular weight excluding hydrogens is 264 g/mol. The van der Waals surface area contributed by atoms with Crippen molar-refractivity contribution in [1.29, 1.82) is 5.26 Å². The Morgan fingerprint density at radius 1 is 1.45 bits per heavy atom. The van der Waals surface area contributed by atoms with E-state index in [0.717, 1.165) is 0 Å². The van der Waals surface area contributed by atoms with Crippen molar-refractivity contribution in [2.75, 3.05) is 20.3 Å². The molecule has 0 spiro atoms. The number of rotatable bonds is 7. The van der Waals surface area contributed by atoms with Gasteiger partial charge in [-0.3, -0.25) is 4.79 Å². The van der Waals surface area contributed by atoms with Crippen LogP contribution in [-0.2, 0) is 14.3 Å². The van der Waals surface area contributed by atoms with Crippen LogP contribution in [0.25, 0.3) is 0 Å². The maximum absolute atomic E-state index is 11.5. The second-order valence-electron chi connectivity index (χ2n) is 3.76. The Bertz CT molecular complexity index is 524. The molecule has 0 saturated carbocycles. The van der Waals surface area contributed by atoms with Crippen molar-refractivity contribution in [3.05, 3.63) is 29.8 Å². The van der Waals surface area contributed by atoms with Crippen molar-refractivity contribution in [3.63, 3.8) is 0 Å². The molecule has 1 atom stereocenters. The molecule has 0 aliphatic carbocycles. The first-order valence-electron chi connectivity index (χ1n) is 5.72. The first-order chi connectivity index (χ1) is 9.58. The summed E-state index contributed by atoms with van der Waals surface area (Å²) in [6, 6.07) is 8.44. The summed E-state index contributed by atoms with van der Waals surface area (Å²) in [5.41, 5.74) is 0.320. The molecule has 1 aromatic carbocycles. The summed E-state index contributed by atoms with van der Waals surface area (Å²) in [5.74, 6) is -1.36. The summed E-state index contributed by atoms with van der Waals surface area (Å²) < 4.78 is 9.86. The second-order valence-corrected chi connectivity index (χ2v) is 3.76. The summed E-state index contributed by atoms with van der Waals surface area (Å²) in [5, 5.41) is 19.9. The van der Waals surface area contributed by atoms with Gasteiger partial charge in [0.1, 0.15) is 11.8 Å². The topological polar surface area (TPSA) is 109 Å². The summed E-state index contributed by atoms with van der Waals surface area (Å²) in [4.78, 5) is 22.2. The molecule has 1 amide bonds. The molecule has 1 unspecified atom stereocenters. The molecule has 7 heteroatoms. The maximum Gasteiger partial charge on any atom is 0.334 e. The molecule has 2 N–H and O–H groups in total. The number of hydrogen-bond acceptors (Lipinski definition) is 5. The predicted octanol–water partition coefficient (Wildman–Crippen LogP) is 0.153. The third kappa shape index (κ3) is 4.59. The monoisotopic (exact) mass is 278 g/mol. The zero-order valence-corrected chi connectivity index (χ0v) is 10.8. The Balaban J connectivity index is 2.44. The normalized spacial score (nSPS) is 11.2. The van der Waals surface area contributed by atoms with E-state index in [9.17, 15) is 9.59 Å². The Hall–Kier alpha value is -2.59. The lowest BCUT2D eigenvalue weighted by Crippen LogP contribution is -2.39. The number of carbonyl (C=O) groups is 2. The number of nitriles is 1. The molecule has 0 saturated heterocycles. The highest BCUT2D eigenvalue weighted by atomic mass is 16.5. The molecular formula is C13H14N2O5. The lowest BCUT2D eigenvalue weighted by atomic mass is 10.2. The van der Waals surface area contributed by atoms with E-state index in [1.807, 2.05) is 6.07 Å². The number of methoxy groups -OCH3 is 1. The lowest BCUT2D eigenvalue weighted by Gasteiger charge is -2.12. The van der Waals surface area contributed by atoms with Crippen molar-refractivity contribution in [2.45, 2.75) is 6.10 Å². The first-order valence-corrected chi connectivity index (χ1v) is 5.72. The van der Waals surface area contributed by atoms with Gasteiger partial charge in [-0.1, -0.05) is 12.1 Å². The van der Waals surface area contributed by atoms with Crippen molar-refractivity contribution >= 4 is 11.9 Å². The molecule has 1 aromatic rings. The van der Waals surface area contributed by atoms with Crippen LogP contribution in [0.2, 0.25) is 0 Å². The quantitative estimate of drug-likeness (QED) is 0.735. The van der Waals surface area contributed by atoms with Crippen LogP contribution in [0.1, 0.15) is 5.56 Å². The second kappa shape index (κ2) is 7.76. The fraction of sp³-hybridized carbons (Fsp3) is 0.308. The van der Waals surface area contributed by atoms with E-state index >= 15 is 0 Å². The number of carboxylic acids is 1. The number of ether oxygens (including phenoxy) is 2. The van der Waals surface area contributed by atoms with Crippen LogP contribution in [0.3, 0.4) is 0 Å². The van der Waals surface area contributed by atoms with Gasteiger partial charge in [0, 0.05) is 7.11 Å². The fourth-order valence-corrected chi connectivity index (χ4v) is 1.36. The zero-order valence-electron chi connectivity index (χ0n) is 10.8.